The Morgan fingerprint density at radius 2 is 1.50 bits per heavy atom. The normalized spacial score (nSPS) is 12.3. The van der Waals surface area contributed by atoms with Crippen LogP contribution in [-0.4, -0.2) is 63.0 Å². The minimum Gasteiger partial charge on any atom is -0.497 e. The lowest BCUT2D eigenvalue weighted by atomic mass is 10.0. The Bertz CT molecular complexity index is 792. The molecule has 4 amide bonds. The number of hydrogen-bond acceptors (Lipinski definition) is 7. The van der Waals surface area contributed by atoms with E-state index in [-0.39, 0.29) is 31.3 Å². The largest absolute Gasteiger partial charge is 0.497 e. The average Bonchev–Trinajstić information content (AvgIpc) is 2.74. The van der Waals surface area contributed by atoms with Crippen molar-refractivity contribution >= 4 is 29.3 Å². The highest BCUT2D eigenvalue weighted by Gasteiger charge is 2.24. The van der Waals surface area contributed by atoms with Gasteiger partial charge < -0.3 is 36.5 Å². The molecule has 0 radical (unpaired) electrons. The van der Waals surface area contributed by atoms with Gasteiger partial charge in [-0.25, -0.2) is 0 Å². The lowest BCUT2D eigenvalue weighted by molar-refractivity contribution is -0.131. The summed E-state index contributed by atoms with van der Waals surface area (Å²) in [6, 6.07) is 3.69. The molecule has 0 saturated heterocycles. The van der Waals surface area contributed by atoms with E-state index in [1.54, 1.807) is 39.0 Å². The van der Waals surface area contributed by atoms with Crippen LogP contribution in [0.5, 0.6) is 11.5 Å². The van der Waals surface area contributed by atoms with E-state index in [0.717, 1.165) is 0 Å². The van der Waals surface area contributed by atoms with Crippen LogP contribution in [0.4, 0.5) is 5.69 Å². The van der Waals surface area contributed by atoms with Crippen LogP contribution in [0, 0.1) is 5.92 Å². The maximum Gasteiger partial charge on any atom is 0.243 e. The number of carbonyl (C=O) groups excluding carboxylic acids is 4. The number of amides is 4. The summed E-state index contributed by atoms with van der Waals surface area (Å²) < 4.78 is 10.3. The maximum atomic E-state index is 12.3. The van der Waals surface area contributed by atoms with E-state index in [1.165, 1.54) is 14.2 Å². The second kappa shape index (κ2) is 13.2. The minimum absolute atomic E-state index is 0.0143. The van der Waals surface area contributed by atoms with Crippen LogP contribution in [0.15, 0.2) is 18.2 Å². The summed E-state index contributed by atoms with van der Waals surface area (Å²) in [4.78, 5) is 48.2. The molecule has 2 atom stereocenters. The first-order valence-corrected chi connectivity index (χ1v) is 10.2. The fourth-order valence-electron chi connectivity index (χ4n) is 2.79. The lowest BCUT2D eigenvalue weighted by Gasteiger charge is -2.21. The van der Waals surface area contributed by atoms with Crippen LogP contribution in [0.3, 0.4) is 0 Å². The van der Waals surface area contributed by atoms with Gasteiger partial charge in [-0.15, -0.1) is 0 Å². The molecule has 11 heteroatoms. The van der Waals surface area contributed by atoms with Crippen molar-refractivity contribution in [3.8, 4) is 11.5 Å². The number of nitrogens with two attached hydrogens (primary N) is 1. The van der Waals surface area contributed by atoms with E-state index in [2.05, 4.69) is 21.3 Å². The van der Waals surface area contributed by atoms with E-state index in [4.69, 9.17) is 15.2 Å². The second-order valence-corrected chi connectivity index (χ2v) is 7.53. The highest BCUT2D eigenvalue weighted by atomic mass is 16.5. The SMILES string of the molecule is COc1cc(NC(=O)CC(C)NC(=O)CNC(=O)C(NC(=O)CN)C(C)C)cc(OC)c1. The van der Waals surface area contributed by atoms with Crippen LogP contribution in [-0.2, 0) is 19.2 Å². The standard InChI is InChI=1S/C21H33N5O6/c1-12(2)20(26-18(28)10-22)21(30)23-11-19(29)24-13(3)6-17(27)25-14-7-15(31-4)9-16(8-14)32-5/h7-9,12-13,20H,6,10-11,22H2,1-5H3,(H,23,30)(H,24,29)(H,25,27)(H,26,28). The summed E-state index contributed by atoms with van der Waals surface area (Å²) in [5.41, 5.74) is 5.76. The predicted molar refractivity (Wildman–Crippen MR) is 119 cm³/mol. The summed E-state index contributed by atoms with van der Waals surface area (Å²) in [5, 5.41) is 10.4. The molecule has 1 aromatic rings. The summed E-state index contributed by atoms with van der Waals surface area (Å²) in [6.07, 6.45) is 0.0143. The molecule has 32 heavy (non-hydrogen) atoms. The molecular formula is C21H33N5O6. The van der Waals surface area contributed by atoms with Crippen molar-refractivity contribution in [2.24, 2.45) is 11.7 Å². The molecule has 1 aromatic carbocycles. The Balaban J connectivity index is 2.52. The first-order chi connectivity index (χ1) is 15.1. The van der Waals surface area contributed by atoms with E-state index < -0.39 is 29.8 Å². The molecule has 2 unspecified atom stereocenters. The molecule has 0 heterocycles. The minimum atomic E-state index is -0.804. The number of nitrogens with one attached hydrogen (secondary N) is 4. The first kappa shape index (κ1) is 26.7. The topological polar surface area (TPSA) is 161 Å². The fourth-order valence-corrected chi connectivity index (χ4v) is 2.79. The van der Waals surface area contributed by atoms with Gasteiger partial charge in [0.25, 0.3) is 0 Å². The van der Waals surface area contributed by atoms with Crippen LogP contribution in [0.25, 0.3) is 0 Å². The number of carbonyl (C=O) groups is 4. The smallest absolute Gasteiger partial charge is 0.243 e. The molecular weight excluding hydrogens is 418 g/mol. The molecule has 0 aromatic heterocycles. The molecule has 6 N–H and O–H groups in total. The van der Waals surface area contributed by atoms with Crippen LogP contribution >= 0.6 is 0 Å². The van der Waals surface area contributed by atoms with Crippen molar-refractivity contribution in [2.45, 2.75) is 39.3 Å². The highest BCUT2D eigenvalue weighted by molar-refractivity contribution is 5.93. The van der Waals surface area contributed by atoms with Gasteiger partial charge in [-0.3, -0.25) is 19.2 Å². The molecule has 0 aliphatic carbocycles. The van der Waals surface area contributed by atoms with Crippen molar-refractivity contribution in [1.82, 2.24) is 16.0 Å². The molecule has 0 saturated carbocycles. The van der Waals surface area contributed by atoms with Gasteiger partial charge in [-0.2, -0.15) is 0 Å². The Morgan fingerprint density at radius 3 is 2.00 bits per heavy atom. The monoisotopic (exact) mass is 451 g/mol. The number of methoxy groups -OCH3 is 2. The summed E-state index contributed by atoms with van der Waals surface area (Å²) in [6.45, 7) is 4.67. The summed E-state index contributed by atoms with van der Waals surface area (Å²) in [7, 11) is 3.01. The van der Waals surface area contributed by atoms with Crippen LogP contribution < -0.4 is 36.5 Å². The zero-order valence-corrected chi connectivity index (χ0v) is 19.1. The molecule has 1 rings (SSSR count). The summed E-state index contributed by atoms with van der Waals surface area (Å²) in [5.74, 6) is -0.869. The molecule has 0 aliphatic rings. The molecule has 0 spiro atoms. The van der Waals surface area contributed by atoms with Gasteiger partial charge in [0, 0.05) is 36.3 Å². The van der Waals surface area contributed by atoms with Gasteiger partial charge in [0.05, 0.1) is 27.3 Å². The number of anilines is 1. The van der Waals surface area contributed by atoms with Gasteiger partial charge in [0.2, 0.25) is 23.6 Å². The Morgan fingerprint density at radius 1 is 0.906 bits per heavy atom. The zero-order chi connectivity index (χ0) is 24.3. The van der Waals surface area contributed by atoms with E-state index >= 15 is 0 Å². The molecule has 0 aliphatic heterocycles. The van der Waals surface area contributed by atoms with Crippen molar-refractivity contribution < 1.29 is 28.7 Å². The average molecular weight is 452 g/mol. The van der Waals surface area contributed by atoms with Crippen LogP contribution in [0.2, 0.25) is 0 Å². The van der Waals surface area contributed by atoms with Crippen molar-refractivity contribution in [1.29, 1.82) is 0 Å². The fraction of sp³-hybridized carbons (Fsp3) is 0.524. The van der Waals surface area contributed by atoms with Crippen molar-refractivity contribution in [3.63, 3.8) is 0 Å². The second-order valence-electron chi connectivity index (χ2n) is 7.53. The van der Waals surface area contributed by atoms with Crippen LogP contribution in [0.1, 0.15) is 27.2 Å². The molecule has 11 nitrogen and oxygen atoms in total. The van der Waals surface area contributed by atoms with E-state index in [9.17, 15) is 19.2 Å². The number of hydrogen-bond donors (Lipinski definition) is 5. The van der Waals surface area contributed by atoms with E-state index in [1.807, 2.05) is 0 Å². The molecule has 0 fully saturated rings. The van der Waals surface area contributed by atoms with Gasteiger partial charge in [-0.05, 0) is 12.8 Å². The first-order valence-electron chi connectivity index (χ1n) is 10.2. The van der Waals surface area contributed by atoms with E-state index in [0.29, 0.717) is 17.2 Å². The third kappa shape index (κ3) is 9.21. The van der Waals surface area contributed by atoms with Gasteiger partial charge >= 0.3 is 0 Å². The quantitative estimate of drug-likeness (QED) is 0.293. The zero-order valence-electron chi connectivity index (χ0n) is 19.1. The Labute approximate surface area is 187 Å². The highest BCUT2D eigenvalue weighted by Crippen LogP contribution is 2.25. The Hall–Kier alpha value is -3.34. The summed E-state index contributed by atoms with van der Waals surface area (Å²) >= 11 is 0. The lowest BCUT2D eigenvalue weighted by Crippen LogP contribution is -2.53. The van der Waals surface area contributed by atoms with Crippen molar-refractivity contribution in [2.75, 3.05) is 32.6 Å². The third-order valence-corrected chi connectivity index (χ3v) is 4.41. The molecule has 178 valence electrons. The maximum absolute atomic E-state index is 12.3. The number of ether oxygens (including phenoxy) is 2. The molecule has 0 bridgehead atoms. The third-order valence-electron chi connectivity index (χ3n) is 4.41. The van der Waals surface area contributed by atoms with Crippen molar-refractivity contribution in [3.05, 3.63) is 18.2 Å². The van der Waals surface area contributed by atoms with Gasteiger partial charge in [-0.1, -0.05) is 13.8 Å². The number of benzene rings is 1. The van der Waals surface area contributed by atoms with Gasteiger partial charge in [0.15, 0.2) is 0 Å². The Kier molecular flexibility index (Phi) is 11.0. The van der Waals surface area contributed by atoms with Gasteiger partial charge in [0.1, 0.15) is 17.5 Å². The predicted octanol–water partition coefficient (Wildman–Crippen LogP) is -0.247. The number of rotatable bonds is 12.